The van der Waals surface area contributed by atoms with Gasteiger partial charge in [-0.1, -0.05) is 0 Å². The molecule has 19 heavy (non-hydrogen) atoms. The predicted octanol–water partition coefficient (Wildman–Crippen LogP) is 3.38. The molecule has 0 bridgehead atoms. The molecule has 0 radical (unpaired) electrons. The second kappa shape index (κ2) is 6.11. The van der Waals surface area contributed by atoms with Crippen LogP contribution in [0.2, 0.25) is 0 Å². The Labute approximate surface area is 115 Å². The fraction of sp³-hybridized carbons (Fsp3) is 0.500. The summed E-state index contributed by atoms with van der Waals surface area (Å²) in [6.45, 7) is 6.29. The maximum Gasteiger partial charge on any atom is 0.120 e. The molecule has 0 N–H and O–H groups in total. The molecule has 0 saturated carbocycles. The number of benzene rings is 1. The first-order valence-electron chi connectivity index (χ1n) is 6.96. The summed E-state index contributed by atoms with van der Waals surface area (Å²) in [7, 11) is 4.23. The number of hydrogen-bond acceptors (Lipinski definition) is 2. The van der Waals surface area contributed by atoms with Crippen LogP contribution in [0.15, 0.2) is 30.5 Å². The van der Waals surface area contributed by atoms with Gasteiger partial charge in [-0.05, 0) is 65.2 Å². The van der Waals surface area contributed by atoms with E-state index in [4.69, 9.17) is 4.74 Å². The van der Waals surface area contributed by atoms with E-state index in [0.29, 0.717) is 0 Å². The summed E-state index contributed by atoms with van der Waals surface area (Å²) in [6, 6.07) is 8.50. The number of hydrogen-bond donors (Lipinski definition) is 0. The first kappa shape index (κ1) is 13.9. The second-order valence-electron chi connectivity index (χ2n) is 5.55. The first-order chi connectivity index (χ1) is 9.06. The summed E-state index contributed by atoms with van der Waals surface area (Å²) >= 11 is 0. The van der Waals surface area contributed by atoms with Gasteiger partial charge in [0.2, 0.25) is 0 Å². The van der Waals surface area contributed by atoms with Gasteiger partial charge in [0.05, 0.1) is 6.10 Å². The van der Waals surface area contributed by atoms with Gasteiger partial charge in [0.25, 0.3) is 0 Å². The Balaban J connectivity index is 2.10. The Morgan fingerprint density at radius 3 is 2.68 bits per heavy atom. The molecule has 104 valence electrons. The summed E-state index contributed by atoms with van der Waals surface area (Å²) in [5.74, 6) is 0.952. The predicted molar refractivity (Wildman–Crippen MR) is 80.9 cm³/mol. The van der Waals surface area contributed by atoms with E-state index in [2.05, 4.69) is 67.9 Å². The highest BCUT2D eigenvalue weighted by atomic mass is 16.5. The van der Waals surface area contributed by atoms with Gasteiger partial charge in [-0.2, -0.15) is 0 Å². The highest BCUT2D eigenvalue weighted by molar-refractivity contribution is 5.81. The van der Waals surface area contributed by atoms with Crippen molar-refractivity contribution < 1.29 is 4.74 Å². The van der Waals surface area contributed by atoms with E-state index >= 15 is 0 Å². The molecule has 0 aliphatic rings. The van der Waals surface area contributed by atoms with Crippen LogP contribution < -0.4 is 4.74 Å². The Morgan fingerprint density at radius 1 is 1.21 bits per heavy atom. The third-order valence-electron chi connectivity index (χ3n) is 3.12. The molecular formula is C16H24N2O. The topological polar surface area (TPSA) is 17.4 Å². The van der Waals surface area contributed by atoms with Gasteiger partial charge in [0.1, 0.15) is 5.75 Å². The second-order valence-corrected chi connectivity index (χ2v) is 5.55. The SMILES string of the molecule is CC(C)Oc1ccc2c(ccn2CCCN(C)C)c1. The molecule has 2 aromatic rings. The lowest BCUT2D eigenvalue weighted by Crippen LogP contribution is -2.14. The normalized spacial score (nSPS) is 11.7. The number of aryl methyl sites for hydroxylation is 1. The Morgan fingerprint density at radius 2 is 2.00 bits per heavy atom. The van der Waals surface area contributed by atoms with Crippen molar-refractivity contribution in [2.75, 3.05) is 20.6 Å². The molecular weight excluding hydrogens is 236 g/mol. The average molecular weight is 260 g/mol. The van der Waals surface area contributed by atoms with E-state index in [1.165, 1.54) is 17.3 Å². The standard InChI is InChI=1S/C16H24N2O/c1-13(2)19-15-6-7-16-14(12-15)8-11-18(16)10-5-9-17(3)4/h6-8,11-13H,5,9-10H2,1-4H3. The zero-order valence-electron chi connectivity index (χ0n) is 12.4. The molecule has 1 aromatic carbocycles. The molecule has 0 unspecified atom stereocenters. The summed E-state index contributed by atoms with van der Waals surface area (Å²) in [5, 5.41) is 1.25. The van der Waals surface area contributed by atoms with Crippen LogP contribution in [-0.2, 0) is 6.54 Å². The van der Waals surface area contributed by atoms with E-state index in [9.17, 15) is 0 Å². The molecule has 0 fully saturated rings. The lowest BCUT2D eigenvalue weighted by atomic mass is 10.2. The van der Waals surface area contributed by atoms with Gasteiger partial charge in [0.15, 0.2) is 0 Å². The molecule has 0 amide bonds. The average Bonchev–Trinajstić information content (AvgIpc) is 2.70. The molecule has 1 heterocycles. The molecule has 2 rings (SSSR count). The van der Waals surface area contributed by atoms with Crippen molar-refractivity contribution in [1.29, 1.82) is 0 Å². The van der Waals surface area contributed by atoms with E-state index in [-0.39, 0.29) is 6.10 Å². The van der Waals surface area contributed by atoms with Gasteiger partial charge in [0, 0.05) is 23.6 Å². The lowest BCUT2D eigenvalue weighted by Gasteiger charge is -2.11. The zero-order chi connectivity index (χ0) is 13.8. The van der Waals surface area contributed by atoms with Crippen molar-refractivity contribution in [2.45, 2.75) is 32.9 Å². The maximum absolute atomic E-state index is 5.73. The highest BCUT2D eigenvalue weighted by Gasteiger charge is 2.04. The van der Waals surface area contributed by atoms with E-state index in [1.54, 1.807) is 0 Å². The quantitative estimate of drug-likeness (QED) is 0.792. The number of rotatable bonds is 6. The maximum atomic E-state index is 5.73. The van der Waals surface area contributed by atoms with E-state index < -0.39 is 0 Å². The van der Waals surface area contributed by atoms with Crippen molar-refractivity contribution in [1.82, 2.24) is 9.47 Å². The molecule has 3 heteroatoms. The van der Waals surface area contributed by atoms with E-state index in [1.807, 2.05) is 0 Å². The van der Waals surface area contributed by atoms with E-state index in [0.717, 1.165) is 18.8 Å². The molecule has 1 aromatic heterocycles. The van der Waals surface area contributed by atoms with Crippen LogP contribution in [0.4, 0.5) is 0 Å². The minimum atomic E-state index is 0.222. The van der Waals surface area contributed by atoms with Crippen LogP contribution in [0.1, 0.15) is 20.3 Å². The van der Waals surface area contributed by atoms with Crippen molar-refractivity contribution in [3.63, 3.8) is 0 Å². The summed E-state index contributed by atoms with van der Waals surface area (Å²) < 4.78 is 8.05. The van der Waals surface area contributed by atoms with Crippen LogP contribution in [0, 0.1) is 0 Å². The molecule has 0 spiro atoms. The number of ether oxygens (including phenoxy) is 1. The molecule has 3 nitrogen and oxygen atoms in total. The van der Waals surface area contributed by atoms with Crippen molar-refractivity contribution >= 4 is 10.9 Å². The summed E-state index contributed by atoms with van der Waals surface area (Å²) in [5.41, 5.74) is 1.29. The smallest absolute Gasteiger partial charge is 0.120 e. The van der Waals surface area contributed by atoms with Crippen LogP contribution in [0.5, 0.6) is 5.75 Å². The van der Waals surface area contributed by atoms with Crippen molar-refractivity contribution in [3.8, 4) is 5.75 Å². The number of aromatic nitrogens is 1. The monoisotopic (exact) mass is 260 g/mol. The fourth-order valence-electron chi connectivity index (χ4n) is 2.28. The van der Waals surface area contributed by atoms with Gasteiger partial charge < -0.3 is 14.2 Å². The van der Waals surface area contributed by atoms with Crippen LogP contribution in [0.3, 0.4) is 0 Å². The van der Waals surface area contributed by atoms with Gasteiger partial charge in [-0.15, -0.1) is 0 Å². The first-order valence-corrected chi connectivity index (χ1v) is 6.96. The van der Waals surface area contributed by atoms with Crippen molar-refractivity contribution in [3.05, 3.63) is 30.5 Å². The van der Waals surface area contributed by atoms with Crippen LogP contribution in [-0.4, -0.2) is 36.2 Å². The Bertz CT molecular complexity index is 529. The minimum Gasteiger partial charge on any atom is -0.491 e. The molecule has 0 saturated heterocycles. The fourth-order valence-corrected chi connectivity index (χ4v) is 2.28. The minimum absolute atomic E-state index is 0.222. The van der Waals surface area contributed by atoms with Crippen LogP contribution >= 0.6 is 0 Å². The summed E-state index contributed by atoms with van der Waals surface area (Å²) in [6.07, 6.45) is 3.56. The number of fused-ring (bicyclic) bond motifs is 1. The van der Waals surface area contributed by atoms with Crippen molar-refractivity contribution in [2.24, 2.45) is 0 Å². The zero-order valence-corrected chi connectivity index (χ0v) is 12.4. The van der Waals surface area contributed by atoms with Crippen LogP contribution in [0.25, 0.3) is 10.9 Å². The third-order valence-corrected chi connectivity index (χ3v) is 3.12. The molecule has 0 atom stereocenters. The Kier molecular flexibility index (Phi) is 4.48. The Hall–Kier alpha value is -1.48. The number of nitrogens with zero attached hydrogens (tertiary/aromatic N) is 2. The van der Waals surface area contributed by atoms with Gasteiger partial charge >= 0.3 is 0 Å². The van der Waals surface area contributed by atoms with Gasteiger partial charge in [-0.3, -0.25) is 0 Å². The molecule has 0 aliphatic carbocycles. The van der Waals surface area contributed by atoms with Gasteiger partial charge in [-0.25, -0.2) is 0 Å². The molecule has 0 aliphatic heterocycles. The highest BCUT2D eigenvalue weighted by Crippen LogP contribution is 2.23. The largest absolute Gasteiger partial charge is 0.491 e. The lowest BCUT2D eigenvalue weighted by molar-refractivity contribution is 0.243. The third kappa shape index (κ3) is 3.74. The summed E-state index contributed by atoms with van der Waals surface area (Å²) in [4.78, 5) is 2.22.